The van der Waals surface area contributed by atoms with Gasteiger partial charge in [-0.05, 0) is 25.0 Å². The molecule has 0 heterocycles. The van der Waals surface area contributed by atoms with Crippen LogP contribution < -0.4 is 5.32 Å². The maximum absolute atomic E-state index is 11.9. The lowest BCUT2D eigenvalue weighted by atomic mass is 10.1. The van der Waals surface area contributed by atoms with Gasteiger partial charge in [0.15, 0.2) is 0 Å². The van der Waals surface area contributed by atoms with Crippen molar-refractivity contribution in [3.63, 3.8) is 0 Å². The van der Waals surface area contributed by atoms with E-state index in [0.29, 0.717) is 12.1 Å². The van der Waals surface area contributed by atoms with E-state index in [0.717, 1.165) is 6.42 Å². The van der Waals surface area contributed by atoms with E-state index < -0.39 is 4.92 Å². The summed E-state index contributed by atoms with van der Waals surface area (Å²) in [6.07, 6.45) is 1.24. The minimum Gasteiger partial charge on any atom is -0.396 e. The zero-order chi connectivity index (χ0) is 16.0. The van der Waals surface area contributed by atoms with Crippen LogP contribution in [0.4, 0.5) is 11.4 Å². The van der Waals surface area contributed by atoms with Crippen molar-refractivity contribution in [1.29, 1.82) is 0 Å². The first-order valence-corrected chi connectivity index (χ1v) is 6.78. The zero-order valence-corrected chi connectivity index (χ0v) is 12.5. The van der Waals surface area contributed by atoms with Gasteiger partial charge in [0.2, 0.25) is 0 Å². The number of aliphatic hydroxyl groups excluding tert-OH is 1. The van der Waals surface area contributed by atoms with Gasteiger partial charge >= 0.3 is 0 Å². The molecule has 0 saturated carbocycles. The number of amides is 1. The first kappa shape index (κ1) is 16.9. The molecule has 7 nitrogen and oxygen atoms in total. The monoisotopic (exact) mass is 295 g/mol. The van der Waals surface area contributed by atoms with Crippen molar-refractivity contribution in [3.8, 4) is 0 Å². The van der Waals surface area contributed by atoms with E-state index in [1.807, 2.05) is 6.92 Å². The number of anilines is 1. The van der Waals surface area contributed by atoms with E-state index >= 15 is 0 Å². The second kappa shape index (κ2) is 7.58. The van der Waals surface area contributed by atoms with Gasteiger partial charge in [0.1, 0.15) is 5.69 Å². The number of carbonyl (C=O) groups is 1. The Morgan fingerprint density at radius 2 is 2.14 bits per heavy atom. The fraction of sp³-hybridized carbons (Fsp3) is 0.500. The zero-order valence-electron chi connectivity index (χ0n) is 12.5. The highest BCUT2D eigenvalue weighted by Gasteiger charge is 2.20. The van der Waals surface area contributed by atoms with E-state index in [4.69, 9.17) is 5.11 Å². The molecule has 1 unspecified atom stereocenters. The Bertz CT molecular complexity index is 517. The smallest absolute Gasteiger partial charge is 0.293 e. The van der Waals surface area contributed by atoms with Crippen LogP contribution >= 0.6 is 0 Å². The standard InChI is InChI=1S/C14H21N3O4/c1-4-11(7-8-18)15-12-6-5-10(14(19)16(2)3)9-13(12)17(20)21/h5-6,9,11,15,18H,4,7-8H2,1-3H3. The summed E-state index contributed by atoms with van der Waals surface area (Å²) in [5, 5.41) is 23.2. The molecule has 0 aliphatic rings. The summed E-state index contributed by atoms with van der Waals surface area (Å²) in [6, 6.07) is 4.32. The average molecular weight is 295 g/mol. The highest BCUT2D eigenvalue weighted by Crippen LogP contribution is 2.27. The van der Waals surface area contributed by atoms with E-state index in [9.17, 15) is 14.9 Å². The van der Waals surface area contributed by atoms with Crippen molar-refractivity contribution >= 4 is 17.3 Å². The molecule has 1 amide bonds. The molecule has 0 aromatic heterocycles. The van der Waals surface area contributed by atoms with Crippen LogP contribution in [0.15, 0.2) is 18.2 Å². The summed E-state index contributed by atoms with van der Waals surface area (Å²) in [5.41, 5.74) is 0.488. The molecule has 0 aliphatic carbocycles. The molecule has 2 N–H and O–H groups in total. The van der Waals surface area contributed by atoms with Crippen molar-refractivity contribution in [2.45, 2.75) is 25.8 Å². The van der Waals surface area contributed by atoms with Gasteiger partial charge in [-0.2, -0.15) is 0 Å². The number of nitrogens with one attached hydrogen (secondary N) is 1. The molecular formula is C14H21N3O4. The Morgan fingerprint density at radius 1 is 1.48 bits per heavy atom. The van der Waals surface area contributed by atoms with Crippen LogP contribution in [-0.2, 0) is 0 Å². The quantitative estimate of drug-likeness (QED) is 0.591. The summed E-state index contributed by atoms with van der Waals surface area (Å²) in [7, 11) is 3.18. The number of hydrogen-bond donors (Lipinski definition) is 2. The second-order valence-corrected chi connectivity index (χ2v) is 4.95. The van der Waals surface area contributed by atoms with Crippen LogP contribution in [0.2, 0.25) is 0 Å². The SMILES string of the molecule is CCC(CCO)Nc1ccc(C(=O)N(C)C)cc1[N+](=O)[O-]. The molecular weight excluding hydrogens is 274 g/mol. The van der Waals surface area contributed by atoms with Crippen molar-refractivity contribution in [1.82, 2.24) is 4.90 Å². The van der Waals surface area contributed by atoms with E-state index in [2.05, 4.69) is 5.32 Å². The Hall–Kier alpha value is -2.15. The van der Waals surface area contributed by atoms with Gasteiger partial charge < -0.3 is 15.3 Å². The third-order valence-corrected chi connectivity index (χ3v) is 3.18. The Labute approximate surface area is 123 Å². The lowest BCUT2D eigenvalue weighted by Crippen LogP contribution is -2.23. The molecule has 1 atom stereocenters. The predicted molar refractivity (Wildman–Crippen MR) is 80.5 cm³/mol. The van der Waals surface area contributed by atoms with Gasteiger partial charge in [-0.25, -0.2) is 0 Å². The normalized spacial score (nSPS) is 11.8. The molecule has 1 rings (SSSR count). The van der Waals surface area contributed by atoms with E-state index in [-0.39, 0.29) is 29.8 Å². The molecule has 0 aliphatic heterocycles. The molecule has 1 aromatic carbocycles. The Balaban J connectivity index is 3.10. The number of benzene rings is 1. The third kappa shape index (κ3) is 4.42. The summed E-state index contributed by atoms with van der Waals surface area (Å²) < 4.78 is 0. The fourth-order valence-corrected chi connectivity index (χ4v) is 1.95. The summed E-state index contributed by atoms with van der Waals surface area (Å²) >= 11 is 0. The number of rotatable bonds is 7. The van der Waals surface area contributed by atoms with Crippen LogP contribution in [0.3, 0.4) is 0 Å². The van der Waals surface area contributed by atoms with Crippen molar-refractivity contribution in [2.24, 2.45) is 0 Å². The Kier molecular flexibility index (Phi) is 6.10. The average Bonchev–Trinajstić information content (AvgIpc) is 2.45. The van der Waals surface area contributed by atoms with Gasteiger partial charge in [-0.1, -0.05) is 6.92 Å². The number of nitro benzene ring substituents is 1. The highest BCUT2D eigenvalue weighted by atomic mass is 16.6. The maximum Gasteiger partial charge on any atom is 0.293 e. The molecule has 0 spiro atoms. The lowest BCUT2D eigenvalue weighted by molar-refractivity contribution is -0.384. The minimum atomic E-state index is -0.513. The summed E-state index contributed by atoms with van der Waals surface area (Å²) in [4.78, 5) is 23.9. The van der Waals surface area contributed by atoms with Crippen LogP contribution in [-0.4, -0.2) is 47.6 Å². The number of aliphatic hydroxyl groups is 1. The molecule has 116 valence electrons. The van der Waals surface area contributed by atoms with E-state index in [1.165, 1.54) is 17.0 Å². The van der Waals surface area contributed by atoms with Gasteiger partial charge in [0.05, 0.1) is 4.92 Å². The second-order valence-electron chi connectivity index (χ2n) is 4.95. The molecule has 0 radical (unpaired) electrons. The van der Waals surface area contributed by atoms with Gasteiger partial charge in [0.25, 0.3) is 11.6 Å². The number of nitro groups is 1. The lowest BCUT2D eigenvalue weighted by Gasteiger charge is -2.18. The van der Waals surface area contributed by atoms with Crippen LogP contribution in [0.1, 0.15) is 30.1 Å². The maximum atomic E-state index is 11.9. The molecule has 7 heteroatoms. The number of hydrogen-bond acceptors (Lipinski definition) is 5. The molecule has 0 bridgehead atoms. The number of nitrogens with zero attached hydrogens (tertiary/aromatic N) is 2. The fourth-order valence-electron chi connectivity index (χ4n) is 1.95. The van der Waals surface area contributed by atoms with E-state index in [1.54, 1.807) is 20.2 Å². The molecule has 1 aromatic rings. The predicted octanol–water partition coefficient (Wildman–Crippen LogP) is 1.87. The minimum absolute atomic E-state index is 0.0104. The van der Waals surface area contributed by atoms with Crippen molar-refractivity contribution < 1.29 is 14.8 Å². The van der Waals surface area contributed by atoms with Gasteiger partial charge in [-0.15, -0.1) is 0 Å². The van der Waals surface area contributed by atoms with Crippen molar-refractivity contribution in [2.75, 3.05) is 26.0 Å². The first-order chi connectivity index (χ1) is 9.90. The summed E-state index contributed by atoms with van der Waals surface area (Å²) in [5.74, 6) is -0.285. The van der Waals surface area contributed by atoms with Crippen LogP contribution in [0.25, 0.3) is 0 Å². The Morgan fingerprint density at radius 3 is 2.62 bits per heavy atom. The number of carbonyl (C=O) groups excluding carboxylic acids is 1. The summed E-state index contributed by atoms with van der Waals surface area (Å²) in [6.45, 7) is 1.94. The molecule has 0 saturated heterocycles. The highest BCUT2D eigenvalue weighted by molar-refractivity contribution is 5.95. The van der Waals surface area contributed by atoms with Crippen LogP contribution in [0.5, 0.6) is 0 Å². The van der Waals surface area contributed by atoms with Gasteiger partial charge in [0, 0.05) is 38.4 Å². The first-order valence-electron chi connectivity index (χ1n) is 6.78. The third-order valence-electron chi connectivity index (χ3n) is 3.18. The molecule has 21 heavy (non-hydrogen) atoms. The van der Waals surface area contributed by atoms with Crippen LogP contribution in [0, 0.1) is 10.1 Å². The molecule has 0 fully saturated rings. The topological polar surface area (TPSA) is 95.7 Å². The van der Waals surface area contributed by atoms with Crippen molar-refractivity contribution in [3.05, 3.63) is 33.9 Å². The van der Waals surface area contributed by atoms with Gasteiger partial charge in [-0.3, -0.25) is 14.9 Å². The largest absolute Gasteiger partial charge is 0.396 e.